The summed E-state index contributed by atoms with van der Waals surface area (Å²) < 4.78 is 18.8. The summed E-state index contributed by atoms with van der Waals surface area (Å²) >= 11 is 1.16. The molecule has 0 unspecified atom stereocenters. The summed E-state index contributed by atoms with van der Waals surface area (Å²) in [5.41, 5.74) is 0.377. The molecule has 0 aliphatic carbocycles. The number of nitrogens with zero attached hydrogens (tertiary/aromatic N) is 4. The van der Waals surface area contributed by atoms with Crippen LogP contribution in [0.1, 0.15) is 0 Å². The van der Waals surface area contributed by atoms with Crippen molar-refractivity contribution in [3.63, 3.8) is 0 Å². The van der Waals surface area contributed by atoms with Crippen LogP contribution in [0.2, 0.25) is 0 Å². The molecule has 4 aromatic rings. The molecule has 1 N–H and O–H groups in total. The summed E-state index contributed by atoms with van der Waals surface area (Å²) in [5, 5.41) is 21.6. The van der Waals surface area contributed by atoms with Crippen molar-refractivity contribution in [3.8, 4) is 28.0 Å². The maximum Gasteiger partial charge on any atom is 0.312 e. The van der Waals surface area contributed by atoms with E-state index in [0.29, 0.717) is 15.4 Å². The van der Waals surface area contributed by atoms with Gasteiger partial charge in [-0.15, -0.1) is 0 Å². The molecule has 0 aliphatic heterocycles. The first-order valence-electron chi connectivity index (χ1n) is 7.54. The fraction of sp³-hybridized carbons (Fsp3) is 0. The molecule has 4 rings (SSSR count). The molecular formula is C17H9FN4O4S. The third kappa shape index (κ3) is 3.25. The lowest BCUT2D eigenvalue weighted by Crippen LogP contribution is -1.94. The molecule has 0 spiro atoms. The van der Waals surface area contributed by atoms with Gasteiger partial charge in [-0.2, -0.15) is 4.98 Å². The Hall–Kier alpha value is -3.66. The summed E-state index contributed by atoms with van der Waals surface area (Å²) in [6, 6.07) is 9.62. The zero-order chi connectivity index (χ0) is 19.0. The minimum atomic E-state index is -0.595. The molecule has 0 radical (unpaired) electrons. The average molecular weight is 384 g/mol. The maximum absolute atomic E-state index is 13.3. The first-order valence-corrected chi connectivity index (χ1v) is 8.35. The highest BCUT2D eigenvalue weighted by molar-refractivity contribution is 7.21. The van der Waals surface area contributed by atoms with E-state index in [1.807, 2.05) is 0 Å². The predicted octanol–water partition coefficient (Wildman–Crippen LogP) is 4.30. The van der Waals surface area contributed by atoms with Crippen molar-refractivity contribution in [2.45, 2.75) is 0 Å². The smallest absolute Gasteiger partial charge is 0.312 e. The van der Waals surface area contributed by atoms with Gasteiger partial charge in [-0.25, -0.2) is 14.4 Å². The number of thiazole rings is 1. The lowest BCUT2D eigenvalue weighted by molar-refractivity contribution is -0.385. The first-order chi connectivity index (χ1) is 13.0. The van der Waals surface area contributed by atoms with E-state index in [9.17, 15) is 19.6 Å². The Morgan fingerprint density at radius 2 is 2.04 bits per heavy atom. The van der Waals surface area contributed by atoms with Crippen LogP contribution in [0.15, 0.2) is 48.8 Å². The monoisotopic (exact) mass is 384 g/mol. The van der Waals surface area contributed by atoms with E-state index in [-0.39, 0.29) is 28.6 Å². The van der Waals surface area contributed by atoms with E-state index in [0.717, 1.165) is 17.4 Å². The van der Waals surface area contributed by atoms with E-state index >= 15 is 0 Å². The van der Waals surface area contributed by atoms with Gasteiger partial charge < -0.3 is 9.84 Å². The number of halogens is 1. The van der Waals surface area contributed by atoms with Gasteiger partial charge in [0.05, 0.1) is 4.92 Å². The Kier molecular flexibility index (Phi) is 4.09. The summed E-state index contributed by atoms with van der Waals surface area (Å²) in [7, 11) is 0. The van der Waals surface area contributed by atoms with E-state index in [4.69, 9.17) is 4.74 Å². The molecule has 2 aromatic carbocycles. The van der Waals surface area contributed by atoms with Gasteiger partial charge in [0.2, 0.25) is 11.6 Å². The molecule has 0 saturated heterocycles. The topological polar surface area (TPSA) is 111 Å². The highest BCUT2D eigenvalue weighted by Gasteiger charge is 2.20. The second kappa shape index (κ2) is 6.57. The van der Waals surface area contributed by atoms with Crippen LogP contribution in [0.5, 0.6) is 17.4 Å². The Balaban J connectivity index is 1.76. The molecule has 0 bridgehead atoms. The number of nitro benzene ring substituents is 1. The highest BCUT2D eigenvalue weighted by atomic mass is 32.1. The van der Waals surface area contributed by atoms with E-state index in [1.54, 1.807) is 6.07 Å². The zero-order valence-corrected chi connectivity index (χ0v) is 14.2. The van der Waals surface area contributed by atoms with Crippen LogP contribution in [-0.4, -0.2) is 25.0 Å². The minimum absolute atomic E-state index is 0.0295. The van der Waals surface area contributed by atoms with Crippen LogP contribution < -0.4 is 4.74 Å². The number of rotatable bonds is 4. The Bertz CT molecular complexity index is 1180. The summed E-state index contributed by atoms with van der Waals surface area (Å²) in [4.78, 5) is 23.2. The lowest BCUT2D eigenvalue weighted by atomic mass is 10.2. The third-order valence-electron chi connectivity index (χ3n) is 3.60. The van der Waals surface area contributed by atoms with Crippen molar-refractivity contribution in [2.75, 3.05) is 0 Å². The summed E-state index contributed by atoms with van der Waals surface area (Å²) in [5.74, 6) is -0.658. The zero-order valence-electron chi connectivity index (χ0n) is 13.4. The quantitative estimate of drug-likeness (QED) is 0.412. The number of nitro groups is 1. The van der Waals surface area contributed by atoms with Crippen molar-refractivity contribution in [3.05, 3.63) is 64.7 Å². The molecule has 27 heavy (non-hydrogen) atoms. The van der Waals surface area contributed by atoms with Gasteiger partial charge in [-0.05, 0) is 24.3 Å². The predicted molar refractivity (Wildman–Crippen MR) is 95.4 cm³/mol. The second-order valence-corrected chi connectivity index (χ2v) is 6.35. The molecule has 2 aromatic heterocycles. The van der Waals surface area contributed by atoms with Crippen molar-refractivity contribution >= 4 is 27.4 Å². The molecule has 134 valence electrons. The van der Waals surface area contributed by atoms with Gasteiger partial charge in [0.25, 0.3) is 0 Å². The molecule has 2 heterocycles. The van der Waals surface area contributed by atoms with Crippen molar-refractivity contribution in [1.29, 1.82) is 0 Å². The minimum Gasteiger partial charge on any atom is -0.492 e. The number of benzene rings is 2. The SMILES string of the molecule is O=[N+]([O-])c1cc(-c2nc3c(O)ncnc3s2)ccc1Oc1cccc(F)c1. The number of aromatic hydroxyl groups is 1. The van der Waals surface area contributed by atoms with E-state index in [2.05, 4.69) is 15.0 Å². The molecule has 0 fully saturated rings. The van der Waals surface area contributed by atoms with Crippen LogP contribution in [0.3, 0.4) is 0 Å². The summed E-state index contributed by atoms with van der Waals surface area (Å²) in [6.07, 6.45) is 1.21. The molecule has 0 amide bonds. The fourth-order valence-electron chi connectivity index (χ4n) is 2.40. The average Bonchev–Trinajstić information content (AvgIpc) is 3.07. The van der Waals surface area contributed by atoms with Crippen molar-refractivity contribution in [2.24, 2.45) is 0 Å². The number of fused-ring (bicyclic) bond motifs is 1. The molecule has 0 aliphatic rings. The summed E-state index contributed by atoms with van der Waals surface area (Å²) in [6.45, 7) is 0. The maximum atomic E-state index is 13.3. The van der Waals surface area contributed by atoms with Crippen LogP contribution in [-0.2, 0) is 0 Å². The number of hydrogen-bond donors (Lipinski definition) is 1. The Labute approximate surface area is 154 Å². The van der Waals surface area contributed by atoms with Gasteiger partial charge in [0, 0.05) is 17.7 Å². The molecule has 0 atom stereocenters. The van der Waals surface area contributed by atoms with Gasteiger partial charge >= 0.3 is 5.69 Å². The fourth-order valence-corrected chi connectivity index (χ4v) is 3.30. The van der Waals surface area contributed by atoms with Crippen LogP contribution in [0, 0.1) is 15.9 Å². The van der Waals surface area contributed by atoms with Gasteiger partial charge in [0.15, 0.2) is 10.3 Å². The largest absolute Gasteiger partial charge is 0.492 e. The normalized spacial score (nSPS) is 10.9. The van der Waals surface area contributed by atoms with Crippen LogP contribution >= 0.6 is 11.3 Å². The highest BCUT2D eigenvalue weighted by Crippen LogP contribution is 2.38. The number of ether oxygens (including phenoxy) is 1. The van der Waals surface area contributed by atoms with Gasteiger partial charge in [-0.3, -0.25) is 10.1 Å². The first kappa shape index (κ1) is 16.8. The third-order valence-corrected chi connectivity index (χ3v) is 4.62. The lowest BCUT2D eigenvalue weighted by Gasteiger charge is -2.07. The number of aromatic nitrogens is 3. The standard InChI is InChI=1S/C17H9FN4O4S/c18-10-2-1-3-11(7-10)26-13-5-4-9(6-12(13)22(24)25)16-21-14-15(23)19-8-20-17(14)27-16/h1-8H,(H,19,20,23). The molecular weight excluding hydrogens is 375 g/mol. The Morgan fingerprint density at radius 3 is 2.78 bits per heavy atom. The molecule has 8 nitrogen and oxygen atoms in total. The van der Waals surface area contributed by atoms with Gasteiger partial charge in [-0.1, -0.05) is 17.4 Å². The Morgan fingerprint density at radius 1 is 1.19 bits per heavy atom. The van der Waals surface area contributed by atoms with Crippen LogP contribution in [0.25, 0.3) is 20.9 Å². The molecule has 10 heteroatoms. The van der Waals surface area contributed by atoms with Crippen molar-refractivity contribution < 1.29 is 19.2 Å². The van der Waals surface area contributed by atoms with Crippen molar-refractivity contribution in [1.82, 2.24) is 15.0 Å². The van der Waals surface area contributed by atoms with E-state index in [1.165, 1.54) is 36.7 Å². The number of hydrogen-bond acceptors (Lipinski definition) is 8. The molecule has 0 saturated carbocycles. The van der Waals surface area contributed by atoms with E-state index < -0.39 is 10.7 Å². The van der Waals surface area contributed by atoms with Crippen LogP contribution in [0.4, 0.5) is 10.1 Å². The second-order valence-electron chi connectivity index (χ2n) is 5.37. The van der Waals surface area contributed by atoms with Gasteiger partial charge in [0.1, 0.15) is 22.9 Å².